The van der Waals surface area contributed by atoms with Crippen LogP contribution in [0.15, 0.2) is 5.38 Å². The van der Waals surface area contributed by atoms with Gasteiger partial charge in [-0.3, -0.25) is 0 Å². The number of nitrogens with zero attached hydrogens (tertiary/aromatic N) is 1. The van der Waals surface area contributed by atoms with E-state index in [1.54, 1.807) is 11.3 Å². The Morgan fingerprint density at radius 2 is 2.23 bits per heavy atom. The fraction of sp³-hybridized carbons (Fsp3) is 0.667. The molecule has 13 heavy (non-hydrogen) atoms. The summed E-state index contributed by atoms with van der Waals surface area (Å²) in [7, 11) is 0. The van der Waals surface area contributed by atoms with Crippen LogP contribution in [-0.4, -0.2) is 10.2 Å². The third-order valence-corrected chi connectivity index (χ3v) is 3.73. The molecular weight excluding hydrogens is 200 g/mol. The molecule has 0 saturated carbocycles. The maximum Gasteiger partial charge on any atom is 0.103 e. The van der Waals surface area contributed by atoms with Gasteiger partial charge in [-0.05, 0) is 12.2 Å². The molecule has 0 bridgehead atoms. The Morgan fingerprint density at radius 1 is 1.54 bits per heavy atom. The van der Waals surface area contributed by atoms with E-state index in [1.807, 2.05) is 18.7 Å². The van der Waals surface area contributed by atoms with Crippen molar-refractivity contribution in [3.05, 3.63) is 16.1 Å². The Labute approximate surface area is 87.9 Å². The number of rotatable bonds is 4. The number of thiazole rings is 1. The Morgan fingerprint density at radius 3 is 2.69 bits per heavy atom. The molecule has 0 aromatic carbocycles. The van der Waals surface area contributed by atoms with Crippen molar-refractivity contribution >= 4 is 23.1 Å². The van der Waals surface area contributed by atoms with Crippen LogP contribution < -0.4 is 5.73 Å². The quantitative estimate of drug-likeness (QED) is 0.841. The summed E-state index contributed by atoms with van der Waals surface area (Å²) >= 11 is 3.62. The lowest BCUT2D eigenvalue weighted by Gasteiger charge is -2.01. The largest absolute Gasteiger partial charge is 0.323 e. The zero-order chi connectivity index (χ0) is 9.84. The minimum atomic E-state index is 0.0639. The van der Waals surface area contributed by atoms with Crippen molar-refractivity contribution in [3.63, 3.8) is 0 Å². The summed E-state index contributed by atoms with van der Waals surface area (Å²) in [6.45, 7) is 6.36. The number of hydrogen-bond acceptors (Lipinski definition) is 4. The molecule has 1 aromatic rings. The molecule has 0 spiro atoms. The summed E-state index contributed by atoms with van der Waals surface area (Å²) in [6.07, 6.45) is 0. The lowest BCUT2D eigenvalue weighted by Crippen LogP contribution is -2.05. The standard InChI is InChI=1S/C9H16N2S2/c1-6(2)12-5-9-11-8(4-13-9)7(3)10/h4,6-7H,5,10H2,1-3H3. The van der Waals surface area contributed by atoms with Crippen LogP contribution in [0.2, 0.25) is 0 Å². The summed E-state index contributed by atoms with van der Waals surface area (Å²) < 4.78 is 0. The van der Waals surface area contributed by atoms with Gasteiger partial charge in [-0.2, -0.15) is 11.8 Å². The second kappa shape index (κ2) is 4.98. The SMILES string of the molecule is CC(C)SCc1nc(C(C)N)cs1. The van der Waals surface area contributed by atoms with Crippen molar-refractivity contribution in [2.24, 2.45) is 5.73 Å². The van der Waals surface area contributed by atoms with Gasteiger partial charge >= 0.3 is 0 Å². The van der Waals surface area contributed by atoms with Crippen LogP contribution in [0, 0.1) is 0 Å². The Hall–Kier alpha value is -0.0600. The maximum absolute atomic E-state index is 5.72. The second-order valence-corrected chi connectivity index (χ2v) is 5.82. The lowest BCUT2D eigenvalue weighted by atomic mass is 10.3. The van der Waals surface area contributed by atoms with Crippen LogP contribution in [0.4, 0.5) is 0 Å². The molecule has 0 saturated heterocycles. The van der Waals surface area contributed by atoms with E-state index in [0.717, 1.165) is 11.4 Å². The smallest absolute Gasteiger partial charge is 0.103 e. The van der Waals surface area contributed by atoms with E-state index in [9.17, 15) is 0 Å². The van der Waals surface area contributed by atoms with Crippen LogP contribution in [0.3, 0.4) is 0 Å². The van der Waals surface area contributed by atoms with Crippen LogP contribution in [0.1, 0.15) is 37.5 Å². The average molecular weight is 216 g/mol. The van der Waals surface area contributed by atoms with E-state index in [4.69, 9.17) is 5.73 Å². The van der Waals surface area contributed by atoms with Crippen molar-refractivity contribution in [1.82, 2.24) is 4.98 Å². The van der Waals surface area contributed by atoms with E-state index >= 15 is 0 Å². The normalized spacial score (nSPS) is 13.6. The minimum absolute atomic E-state index is 0.0639. The Bertz CT molecular complexity index is 256. The first-order valence-electron chi connectivity index (χ1n) is 4.41. The van der Waals surface area contributed by atoms with Gasteiger partial charge in [0.25, 0.3) is 0 Å². The molecule has 2 nitrogen and oxygen atoms in total. The van der Waals surface area contributed by atoms with E-state index in [1.165, 1.54) is 5.01 Å². The molecule has 1 unspecified atom stereocenters. The zero-order valence-electron chi connectivity index (χ0n) is 8.28. The van der Waals surface area contributed by atoms with Gasteiger partial charge in [0.2, 0.25) is 0 Å². The highest BCUT2D eigenvalue weighted by Crippen LogP contribution is 2.21. The minimum Gasteiger partial charge on any atom is -0.323 e. The molecule has 74 valence electrons. The molecule has 0 fully saturated rings. The molecule has 4 heteroatoms. The predicted octanol–water partition coefficient (Wildman–Crippen LogP) is 2.80. The third-order valence-electron chi connectivity index (χ3n) is 1.58. The van der Waals surface area contributed by atoms with Gasteiger partial charge in [0.15, 0.2) is 0 Å². The van der Waals surface area contributed by atoms with Gasteiger partial charge in [0, 0.05) is 17.2 Å². The van der Waals surface area contributed by atoms with Crippen molar-refractivity contribution < 1.29 is 0 Å². The van der Waals surface area contributed by atoms with Crippen LogP contribution in [-0.2, 0) is 5.75 Å². The fourth-order valence-electron chi connectivity index (χ4n) is 0.838. The van der Waals surface area contributed by atoms with Gasteiger partial charge in [0.1, 0.15) is 5.01 Å². The van der Waals surface area contributed by atoms with Crippen molar-refractivity contribution in [1.29, 1.82) is 0 Å². The predicted molar refractivity (Wildman–Crippen MR) is 61.1 cm³/mol. The number of nitrogens with two attached hydrogens (primary N) is 1. The Kier molecular flexibility index (Phi) is 4.22. The second-order valence-electron chi connectivity index (χ2n) is 3.31. The topological polar surface area (TPSA) is 38.9 Å². The van der Waals surface area contributed by atoms with E-state index in [0.29, 0.717) is 5.25 Å². The Balaban J connectivity index is 2.49. The van der Waals surface area contributed by atoms with Crippen LogP contribution >= 0.6 is 23.1 Å². The molecule has 0 radical (unpaired) electrons. The summed E-state index contributed by atoms with van der Waals surface area (Å²) in [6, 6.07) is 0.0639. The van der Waals surface area contributed by atoms with E-state index in [2.05, 4.69) is 24.2 Å². The van der Waals surface area contributed by atoms with E-state index in [-0.39, 0.29) is 6.04 Å². The summed E-state index contributed by atoms with van der Waals surface area (Å²) in [5.41, 5.74) is 6.74. The first-order valence-corrected chi connectivity index (χ1v) is 6.34. The van der Waals surface area contributed by atoms with Crippen molar-refractivity contribution in [2.75, 3.05) is 0 Å². The van der Waals surface area contributed by atoms with Gasteiger partial charge < -0.3 is 5.73 Å². The first-order chi connectivity index (χ1) is 6.09. The number of thioether (sulfide) groups is 1. The van der Waals surface area contributed by atoms with Gasteiger partial charge in [-0.15, -0.1) is 11.3 Å². The average Bonchev–Trinajstić information content (AvgIpc) is 2.48. The van der Waals surface area contributed by atoms with Crippen LogP contribution in [0.25, 0.3) is 0 Å². The van der Waals surface area contributed by atoms with Gasteiger partial charge in [0.05, 0.1) is 5.69 Å². The zero-order valence-corrected chi connectivity index (χ0v) is 9.91. The highest BCUT2D eigenvalue weighted by molar-refractivity contribution is 7.99. The summed E-state index contributed by atoms with van der Waals surface area (Å²) in [4.78, 5) is 4.45. The van der Waals surface area contributed by atoms with Gasteiger partial charge in [-0.1, -0.05) is 13.8 Å². The number of aromatic nitrogens is 1. The molecule has 0 aliphatic carbocycles. The molecule has 1 rings (SSSR count). The molecule has 0 aliphatic rings. The molecule has 0 amide bonds. The van der Waals surface area contributed by atoms with Crippen LogP contribution in [0.5, 0.6) is 0 Å². The third kappa shape index (κ3) is 3.67. The highest BCUT2D eigenvalue weighted by atomic mass is 32.2. The lowest BCUT2D eigenvalue weighted by molar-refractivity contribution is 0.785. The summed E-state index contributed by atoms with van der Waals surface area (Å²) in [5, 5.41) is 3.91. The van der Waals surface area contributed by atoms with Gasteiger partial charge in [-0.25, -0.2) is 4.98 Å². The highest BCUT2D eigenvalue weighted by Gasteiger charge is 2.06. The molecule has 1 atom stereocenters. The van der Waals surface area contributed by atoms with Crippen molar-refractivity contribution in [3.8, 4) is 0 Å². The fourth-order valence-corrected chi connectivity index (χ4v) is 2.54. The monoisotopic (exact) mass is 216 g/mol. The van der Waals surface area contributed by atoms with Crippen molar-refractivity contribution in [2.45, 2.75) is 37.8 Å². The maximum atomic E-state index is 5.72. The summed E-state index contributed by atoms with van der Waals surface area (Å²) in [5.74, 6) is 1.01. The molecule has 1 aromatic heterocycles. The first kappa shape index (κ1) is 11.0. The molecular formula is C9H16N2S2. The molecule has 2 N–H and O–H groups in total. The number of hydrogen-bond donors (Lipinski definition) is 1. The van der Waals surface area contributed by atoms with E-state index < -0.39 is 0 Å². The molecule has 0 aliphatic heterocycles. The molecule has 1 heterocycles.